The number of aryl methyl sites for hydroxylation is 8. The summed E-state index contributed by atoms with van der Waals surface area (Å²) in [5.74, 6) is -2.31. The number of rotatable bonds is 16. The number of esters is 2. The number of ether oxygens (including phenoxy) is 2. The van der Waals surface area contributed by atoms with Crippen LogP contribution in [0.5, 0.6) is 0 Å². The number of fused-ring (bicyclic) bond motifs is 16. The van der Waals surface area contributed by atoms with E-state index in [1.807, 2.05) is 58.0 Å². The number of aromatic nitrogens is 8. The first-order valence-corrected chi connectivity index (χ1v) is 29.8. The molecule has 10 heterocycles. The molecule has 0 unspecified atom stereocenters. The third-order valence-electron chi connectivity index (χ3n) is 17.5. The van der Waals surface area contributed by atoms with Crippen LogP contribution in [0.3, 0.4) is 0 Å². The van der Waals surface area contributed by atoms with E-state index in [0.717, 1.165) is 177 Å². The summed E-state index contributed by atoms with van der Waals surface area (Å²) in [4.78, 5) is 87.7. The van der Waals surface area contributed by atoms with Gasteiger partial charge in [-0.05, 0) is 151 Å². The van der Waals surface area contributed by atoms with Crippen LogP contribution in [0.15, 0.2) is 48.5 Å². The number of carboxylic acids is 2. The first kappa shape index (κ1) is 73.4. The zero-order valence-electron chi connectivity index (χ0n) is 53.4. The Balaban J connectivity index is 0.000000314. The van der Waals surface area contributed by atoms with Gasteiger partial charge in [0.05, 0.1) is 59.8 Å². The number of carbonyl (C=O) groups excluding carboxylic acids is 2. The van der Waals surface area contributed by atoms with E-state index in [4.69, 9.17) is 49.3 Å². The quantitative estimate of drug-likeness (QED) is 0.0874. The van der Waals surface area contributed by atoms with Gasteiger partial charge in [-0.25, -0.2) is 19.9 Å². The molecule has 2 radical (unpaired) electrons. The average Bonchev–Trinajstić information content (AvgIpc) is 1.93. The number of carbonyl (C=O) groups is 4. The van der Waals surface area contributed by atoms with Gasteiger partial charge in [0.1, 0.15) is 0 Å². The largest absolute Gasteiger partial charge is 2.00 e. The van der Waals surface area contributed by atoms with Gasteiger partial charge in [0.2, 0.25) is 0 Å². The van der Waals surface area contributed by atoms with E-state index in [1.165, 1.54) is 30.9 Å². The molecule has 0 fully saturated rings. The van der Waals surface area contributed by atoms with E-state index in [-0.39, 0.29) is 96.0 Å². The fraction of sp³-hybridized carbons (Fsp3) is 0.371. The van der Waals surface area contributed by atoms with Crippen molar-refractivity contribution in [3.63, 3.8) is 0 Å². The molecule has 0 amide bonds. The molecule has 10 rings (SSSR count). The molecular formula is C70H76Cl2Co2N8O8-2. The van der Waals surface area contributed by atoms with Crippen LogP contribution in [0, 0.1) is 27.7 Å². The third kappa shape index (κ3) is 15.0. The van der Waals surface area contributed by atoms with Gasteiger partial charge in [-0.1, -0.05) is 121 Å². The Labute approximate surface area is 559 Å². The number of aliphatic carboxylic acids is 2. The Morgan fingerprint density at radius 2 is 0.600 bits per heavy atom. The van der Waals surface area contributed by atoms with E-state index in [9.17, 15) is 29.4 Å². The van der Waals surface area contributed by atoms with Gasteiger partial charge in [-0.3, -0.25) is 19.2 Å². The van der Waals surface area contributed by atoms with Crippen molar-refractivity contribution in [3.8, 4) is 0 Å². The van der Waals surface area contributed by atoms with Crippen LogP contribution in [0.4, 0.5) is 0 Å². The van der Waals surface area contributed by atoms with Crippen LogP contribution < -0.4 is 44.7 Å². The van der Waals surface area contributed by atoms with E-state index >= 15 is 0 Å². The molecule has 20 heteroatoms. The van der Waals surface area contributed by atoms with Crippen molar-refractivity contribution in [2.45, 2.75) is 160 Å². The van der Waals surface area contributed by atoms with Crippen LogP contribution in [0.2, 0.25) is 0 Å². The van der Waals surface area contributed by atoms with E-state index < -0.39 is 11.9 Å². The predicted molar refractivity (Wildman–Crippen MR) is 341 cm³/mol. The van der Waals surface area contributed by atoms with Gasteiger partial charge in [-0.2, -0.15) is 0 Å². The van der Waals surface area contributed by atoms with Crippen LogP contribution in [0.25, 0.3) is 88.7 Å². The molecular weight excluding hydrogens is 1270 g/mol. The van der Waals surface area contributed by atoms with Gasteiger partial charge in [0.15, 0.2) is 0 Å². The monoisotopic (exact) mass is 1340 g/mol. The molecule has 478 valence electrons. The van der Waals surface area contributed by atoms with Crippen molar-refractivity contribution in [2.75, 3.05) is 14.2 Å². The number of hydrogen-bond acceptors (Lipinski definition) is 10. The Bertz CT molecular complexity index is 4310. The summed E-state index contributed by atoms with van der Waals surface area (Å²) in [6, 6.07) is 16.1. The number of halogens is 2. The number of nitrogens with zero attached hydrogens (tertiary/aromatic N) is 8. The molecule has 0 spiro atoms. The molecule has 0 saturated heterocycles. The molecule has 90 heavy (non-hydrogen) atoms. The van der Waals surface area contributed by atoms with Crippen LogP contribution >= 0.6 is 0 Å². The maximum atomic E-state index is 12.2. The smallest absolute Gasteiger partial charge is 1.00 e. The Hall–Kier alpha value is -7.33. The molecule has 16 nitrogen and oxygen atoms in total. The average molecular weight is 1350 g/mol. The minimum atomic E-state index is -0.878. The number of hydrogen-bond donors (Lipinski definition) is 2. The van der Waals surface area contributed by atoms with Gasteiger partial charge in [-0.15, -0.1) is 44.1 Å². The van der Waals surface area contributed by atoms with Crippen LogP contribution in [0.1, 0.15) is 197 Å². The molecule has 6 aromatic rings. The minimum absolute atomic E-state index is 0. The molecule has 16 bridgehead atoms. The fourth-order valence-corrected chi connectivity index (χ4v) is 12.3. The molecule has 4 aliphatic rings. The Morgan fingerprint density at radius 3 is 0.922 bits per heavy atom. The maximum absolute atomic E-state index is 12.2. The number of methoxy groups -OCH3 is 2. The Morgan fingerprint density at radius 1 is 0.356 bits per heavy atom. The first-order chi connectivity index (χ1) is 41.1. The number of allylic oxidation sites excluding steroid dienone is 8. The van der Waals surface area contributed by atoms with Crippen LogP contribution in [-0.2, 0) is 87.9 Å². The molecule has 0 saturated carbocycles. The number of carboxylic acid groups (broad SMARTS) is 2. The van der Waals surface area contributed by atoms with Crippen molar-refractivity contribution in [1.82, 2.24) is 39.9 Å². The van der Waals surface area contributed by atoms with Gasteiger partial charge in [0, 0.05) is 25.7 Å². The second-order valence-corrected chi connectivity index (χ2v) is 22.4. The molecule has 0 atom stereocenters. The summed E-state index contributed by atoms with van der Waals surface area (Å²) < 4.78 is 9.89. The Kier molecular flexibility index (Phi) is 25.4. The molecule has 2 N–H and O–H groups in total. The molecule has 6 aromatic heterocycles. The topological polar surface area (TPSA) is 235 Å². The minimum Gasteiger partial charge on any atom is -1.00 e. The van der Waals surface area contributed by atoms with Gasteiger partial charge >= 0.3 is 57.4 Å². The first-order valence-electron chi connectivity index (χ1n) is 29.8. The molecule has 4 aliphatic heterocycles. The van der Waals surface area contributed by atoms with Crippen molar-refractivity contribution < 1.29 is 97.2 Å². The SMILES string of the molecule is CCC1=C(C)c2cc3[n-]c(cc4nc(cc5[n-]c(cc1n2)c(C)c5CCC(=O)O)C(CCC(=O)O)=C4C)c(C)c3CC.CCC1=C(C)c2cc3[n-]c(cc4nc(cc5[n-]c(cc1n2)c(C)c5CCC(=O)OC)C(CCC(=O)OC)=C4C)c(C)c3CC.[Cl-].[Cl-].[Co+2].[Co+2]. The third-order valence-corrected chi connectivity index (χ3v) is 17.5. The standard InChI is InChI=1S/C36H40N4O4.C34H38N4O4.2ClH.2Co/c1-9-23-19(3)27-15-28-21(5)25(11-13-35(41)43-7)33(39-28)18-34-26(12-14-36(42)44-8)22(6)30(40-34)17-32-24(10-2)20(4)29(38-32)16-31(23)37-27;1-7-21-17(3)25-13-26-19(5)23(9-11-33(39)40)31(37-26)16-32-24(10-12-34(41)42)20(6)28(38-32)15-30-22(8-2)18(4)27(36-30)14-29(21)35-25;;;;/h15-18H,9-14H2,1-8H3;13-16H,7-12H2,1-6H3,(H4,35,36,37,38,39,40,41,42);2*1H;;/q-2;;;;2*+2/p-4. The maximum Gasteiger partial charge on any atom is 2.00 e. The van der Waals surface area contributed by atoms with E-state index in [1.54, 1.807) is 0 Å². The van der Waals surface area contributed by atoms with Crippen LogP contribution in [-0.4, -0.2) is 68.2 Å². The van der Waals surface area contributed by atoms with E-state index in [2.05, 4.69) is 73.6 Å². The molecule has 0 aromatic carbocycles. The zero-order valence-corrected chi connectivity index (χ0v) is 57.0. The second kappa shape index (κ2) is 31.1. The van der Waals surface area contributed by atoms with Crippen molar-refractivity contribution >= 4 is 113 Å². The molecule has 0 aliphatic carbocycles. The zero-order chi connectivity index (χ0) is 62.0. The normalized spacial score (nSPS) is 12.6. The summed E-state index contributed by atoms with van der Waals surface area (Å²) in [5.41, 5.74) is 29.6. The van der Waals surface area contributed by atoms with Gasteiger partial charge in [0.25, 0.3) is 0 Å². The van der Waals surface area contributed by atoms with E-state index in [0.29, 0.717) is 36.9 Å². The predicted octanol–water partition coefficient (Wildman–Crippen LogP) is 7.99. The van der Waals surface area contributed by atoms with Gasteiger partial charge < -0.3 is 64.4 Å². The fourth-order valence-electron chi connectivity index (χ4n) is 12.3. The van der Waals surface area contributed by atoms with Crippen molar-refractivity contribution in [1.29, 1.82) is 0 Å². The second-order valence-electron chi connectivity index (χ2n) is 22.4. The summed E-state index contributed by atoms with van der Waals surface area (Å²) in [6.07, 6.45) is 5.35. The van der Waals surface area contributed by atoms with Crippen molar-refractivity contribution in [3.05, 3.63) is 139 Å². The van der Waals surface area contributed by atoms with Crippen molar-refractivity contribution in [2.24, 2.45) is 0 Å². The summed E-state index contributed by atoms with van der Waals surface area (Å²) in [5, 5.41) is 18.9. The summed E-state index contributed by atoms with van der Waals surface area (Å²) >= 11 is 0. The summed E-state index contributed by atoms with van der Waals surface area (Å²) in [6.45, 7) is 25.0. The summed E-state index contributed by atoms with van der Waals surface area (Å²) in [7, 11) is 2.80.